The Bertz CT molecular complexity index is 254. The van der Waals surface area contributed by atoms with Gasteiger partial charge < -0.3 is 5.32 Å². The maximum atomic E-state index is 3.30. The van der Waals surface area contributed by atoms with Crippen LogP contribution in [0.4, 0.5) is 0 Å². The van der Waals surface area contributed by atoms with Gasteiger partial charge in [0.15, 0.2) is 0 Å². The maximum Gasteiger partial charge on any atom is 0.0414 e. The Morgan fingerprint density at radius 2 is 2.38 bits per heavy atom. The molecule has 1 atom stereocenters. The van der Waals surface area contributed by atoms with Crippen LogP contribution in [0.15, 0.2) is 17.5 Å². The molecule has 1 aliphatic heterocycles. The second-order valence-electron chi connectivity index (χ2n) is 3.67. The van der Waals surface area contributed by atoms with Crippen molar-refractivity contribution in [3.05, 3.63) is 22.4 Å². The van der Waals surface area contributed by atoms with Crippen LogP contribution in [-0.2, 0) is 0 Å². The summed E-state index contributed by atoms with van der Waals surface area (Å²) < 4.78 is 0. The van der Waals surface area contributed by atoms with Gasteiger partial charge in [-0.1, -0.05) is 6.07 Å². The van der Waals surface area contributed by atoms with Gasteiger partial charge in [-0.2, -0.15) is 0 Å². The second-order valence-corrected chi connectivity index (χ2v) is 4.65. The van der Waals surface area contributed by atoms with Crippen molar-refractivity contribution < 1.29 is 0 Å². The quantitative estimate of drug-likeness (QED) is 0.792. The predicted molar refractivity (Wildman–Crippen MR) is 57.2 cm³/mol. The molecule has 2 rings (SSSR count). The fourth-order valence-corrected chi connectivity index (χ4v) is 2.44. The molecule has 1 aliphatic rings. The zero-order chi connectivity index (χ0) is 9.26. The monoisotopic (exact) mass is 196 g/mol. The molecule has 0 saturated carbocycles. The molecule has 1 N–H and O–H groups in total. The summed E-state index contributed by atoms with van der Waals surface area (Å²) in [5, 5.41) is 5.46. The first-order valence-corrected chi connectivity index (χ1v) is 5.63. The SMILES string of the molecule is CC(c1cccs1)N(C)C1CNC1. The van der Waals surface area contributed by atoms with Gasteiger partial charge in [0, 0.05) is 30.1 Å². The predicted octanol–water partition coefficient (Wildman–Crippen LogP) is 1.71. The van der Waals surface area contributed by atoms with E-state index in [0.29, 0.717) is 6.04 Å². The molecule has 0 amide bonds. The zero-order valence-corrected chi connectivity index (χ0v) is 8.97. The van der Waals surface area contributed by atoms with Crippen LogP contribution in [0.1, 0.15) is 17.8 Å². The van der Waals surface area contributed by atoms with Crippen LogP contribution in [-0.4, -0.2) is 31.1 Å². The standard InChI is InChI=1S/C10H16N2S/c1-8(10-4-3-5-13-10)12(2)9-6-11-7-9/h3-5,8-9,11H,6-7H2,1-2H3. The molecular formula is C10H16N2S. The lowest BCUT2D eigenvalue weighted by Gasteiger charge is -2.39. The summed E-state index contributed by atoms with van der Waals surface area (Å²) in [5.74, 6) is 0. The van der Waals surface area contributed by atoms with Gasteiger partial charge in [-0.05, 0) is 25.4 Å². The average Bonchev–Trinajstić information content (AvgIpc) is 2.51. The molecule has 1 aromatic rings. The third-order valence-corrected chi connectivity index (χ3v) is 3.94. The van der Waals surface area contributed by atoms with Crippen molar-refractivity contribution in [2.45, 2.75) is 19.0 Å². The number of hydrogen-bond donors (Lipinski definition) is 1. The van der Waals surface area contributed by atoms with Gasteiger partial charge in [-0.15, -0.1) is 11.3 Å². The van der Waals surface area contributed by atoms with Crippen molar-refractivity contribution >= 4 is 11.3 Å². The number of nitrogens with zero attached hydrogens (tertiary/aromatic N) is 1. The Morgan fingerprint density at radius 3 is 2.85 bits per heavy atom. The summed E-state index contributed by atoms with van der Waals surface area (Å²) >= 11 is 1.85. The minimum Gasteiger partial charge on any atom is -0.314 e. The van der Waals surface area contributed by atoms with Crippen LogP contribution in [0.2, 0.25) is 0 Å². The van der Waals surface area contributed by atoms with Crippen molar-refractivity contribution in [1.29, 1.82) is 0 Å². The first kappa shape index (κ1) is 9.19. The molecule has 2 heterocycles. The largest absolute Gasteiger partial charge is 0.314 e. The Hall–Kier alpha value is -0.380. The van der Waals surface area contributed by atoms with Crippen molar-refractivity contribution in [2.24, 2.45) is 0 Å². The van der Waals surface area contributed by atoms with E-state index in [0.717, 1.165) is 19.1 Å². The summed E-state index contributed by atoms with van der Waals surface area (Å²) in [5.41, 5.74) is 0. The highest BCUT2D eigenvalue weighted by Crippen LogP contribution is 2.25. The van der Waals surface area contributed by atoms with E-state index in [2.05, 4.69) is 41.7 Å². The molecule has 13 heavy (non-hydrogen) atoms. The third kappa shape index (κ3) is 1.77. The summed E-state index contributed by atoms with van der Waals surface area (Å²) in [6.45, 7) is 4.57. The van der Waals surface area contributed by atoms with Crippen LogP contribution >= 0.6 is 11.3 Å². The van der Waals surface area contributed by atoms with Crippen LogP contribution in [0, 0.1) is 0 Å². The fraction of sp³-hybridized carbons (Fsp3) is 0.600. The minimum absolute atomic E-state index is 0.562. The molecule has 1 unspecified atom stereocenters. The Labute approximate surface area is 83.6 Å². The molecule has 0 aromatic carbocycles. The van der Waals surface area contributed by atoms with Crippen LogP contribution in [0.25, 0.3) is 0 Å². The topological polar surface area (TPSA) is 15.3 Å². The Balaban J connectivity index is 1.99. The van der Waals surface area contributed by atoms with Gasteiger partial charge >= 0.3 is 0 Å². The van der Waals surface area contributed by atoms with E-state index in [1.807, 2.05) is 11.3 Å². The van der Waals surface area contributed by atoms with E-state index in [-0.39, 0.29) is 0 Å². The molecule has 0 aliphatic carbocycles. The van der Waals surface area contributed by atoms with Crippen LogP contribution in [0.3, 0.4) is 0 Å². The smallest absolute Gasteiger partial charge is 0.0414 e. The highest BCUT2D eigenvalue weighted by Gasteiger charge is 2.25. The number of thiophene rings is 1. The number of likely N-dealkylation sites (N-methyl/N-ethyl adjacent to an activating group) is 1. The number of rotatable bonds is 3. The van der Waals surface area contributed by atoms with Crippen molar-refractivity contribution in [3.8, 4) is 0 Å². The van der Waals surface area contributed by atoms with Gasteiger partial charge in [0.2, 0.25) is 0 Å². The summed E-state index contributed by atoms with van der Waals surface area (Å²) in [7, 11) is 2.22. The molecule has 2 nitrogen and oxygen atoms in total. The van der Waals surface area contributed by atoms with E-state index in [9.17, 15) is 0 Å². The molecule has 0 spiro atoms. The van der Waals surface area contributed by atoms with Crippen molar-refractivity contribution in [1.82, 2.24) is 10.2 Å². The van der Waals surface area contributed by atoms with E-state index >= 15 is 0 Å². The molecule has 0 bridgehead atoms. The van der Waals surface area contributed by atoms with Gasteiger partial charge in [-0.3, -0.25) is 4.90 Å². The highest BCUT2D eigenvalue weighted by atomic mass is 32.1. The number of hydrogen-bond acceptors (Lipinski definition) is 3. The van der Waals surface area contributed by atoms with Gasteiger partial charge in [0.05, 0.1) is 0 Å². The lowest BCUT2D eigenvalue weighted by atomic mass is 10.1. The van der Waals surface area contributed by atoms with Gasteiger partial charge in [-0.25, -0.2) is 0 Å². The normalized spacial score (nSPS) is 20.2. The van der Waals surface area contributed by atoms with E-state index in [1.54, 1.807) is 0 Å². The van der Waals surface area contributed by atoms with E-state index in [1.165, 1.54) is 4.88 Å². The highest BCUT2D eigenvalue weighted by molar-refractivity contribution is 7.10. The first-order valence-electron chi connectivity index (χ1n) is 4.75. The van der Waals surface area contributed by atoms with Crippen molar-refractivity contribution in [2.75, 3.05) is 20.1 Å². The molecule has 3 heteroatoms. The van der Waals surface area contributed by atoms with Crippen LogP contribution < -0.4 is 5.32 Å². The van der Waals surface area contributed by atoms with Gasteiger partial charge in [0.1, 0.15) is 0 Å². The molecule has 72 valence electrons. The number of nitrogens with one attached hydrogen (secondary N) is 1. The zero-order valence-electron chi connectivity index (χ0n) is 8.16. The lowest BCUT2D eigenvalue weighted by Crippen LogP contribution is -2.56. The first-order chi connectivity index (χ1) is 6.29. The van der Waals surface area contributed by atoms with Crippen molar-refractivity contribution in [3.63, 3.8) is 0 Å². The average molecular weight is 196 g/mol. The molecular weight excluding hydrogens is 180 g/mol. The fourth-order valence-electron chi connectivity index (χ4n) is 1.61. The van der Waals surface area contributed by atoms with Gasteiger partial charge in [0.25, 0.3) is 0 Å². The summed E-state index contributed by atoms with van der Waals surface area (Å²) in [4.78, 5) is 3.93. The molecule has 0 radical (unpaired) electrons. The molecule has 1 aromatic heterocycles. The molecule has 1 fully saturated rings. The maximum absolute atomic E-state index is 3.30. The Morgan fingerprint density at radius 1 is 1.62 bits per heavy atom. The lowest BCUT2D eigenvalue weighted by molar-refractivity contribution is 0.138. The third-order valence-electron chi connectivity index (χ3n) is 2.90. The van der Waals surface area contributed by atoms with E-state index < -0.39 is 0 Å². The second kappa shape index (κ2) is 3.78. The summed E-state index contributed by atoms with van der Waals surface area (Å²) in [6, 6.07) is 5.64. The van der Waals surface area contributed by atoms with E-state index in [4.69, 9.17) is 0 Å². The Kier molecular flexibility index (Phi) is 2.67. The summed E-state index contributed by atoms with van der Waals surface area (Å²) in [6.07, 6.45) is 0. The minimum atomic E-state index is 0.562. The molecule has 1 saturated heterocycles. The van der Waals surface area contributed by atoms with Crippen LogP contribution in [0.5, 0.6) is 0 Å².